The molecule has 422 valence electrons. The number of phenols is 1. The molecule has 5 aliphatic heterocycles. The van der Waals surface area contributed by atoms with Crippen molar-refractivity contribution in [1.29, 1.82) is 0 Å². The van der Waals surface area contributed by atoms with Crippen molar-refractivity contribution in [3.63, 3.8) is 0 Å². The number of aliphatic carboxylic acids is 4. The van der Waals surface area contributed by atoms with E-state index < -0.39 is 58.0 Å². The van der Waals surface area contributed by atoms with Crippen LogP contribution >= 0.6 is 23.5 Å². The minimum Gasteiger partial charge on any atom is -0.506 e. The number of aromatic hydroxyl groups is 1. The van der Waals surface area contributed by atoms with E-state index in [0.717, 1.165) is 31.5 Å². The molecule has 6 aliphatic rings. The van der Waals surface area contributed by atoms with E-state index >= 15 is 0 Å². The van der Waals surface area contributed by atoms with Gasteiger partial charge in [-0.25, -0.2) is 19.2 Å². The normalized spacial score (nSPS) is 24.5. The van der Waals surface area contributed by atoms with Crippen LogP contribution in [0.4, 0.5) is 0 Å². The first-order valence-electron chi connectivity index (χ1n) is 26.6. The van der Waals surface area contributed by atoms with Crippen molar-refractivity contribution in [3.05, 3.63) is 135 Å². The number of fused-ring (bicyclic) bond motifs is 4. The predicted octanol–water partition coefficient (Wildman–Crippen LogP) is 11.6. The molecule has 0 bridgehead atoms. The van der Waals surface area contributed by atoms with Crippen molar-refractivity contribution in [2.24, 2.45) is 5.92 Å². The predicted molar refractivity (Wildman–Crippen MR) is 307 cm³/mol. The van der Waals surface area contributed by atoms with Gasteiger partial charge in [-0.15, -0.1) is 11.8 Å². The lowest BCUT2D eigenvalue weighted by Gasteiger charge is -2.50. The molecule has 0 amide bonds. The highest BCUT2D eigenvalue weighted by Gasteiger charge is 2.77. The average molecular weight is 1120 g/mol. The second-order valence-electron chi connectivity index (χ2n) is 22.2. The Balaban J connectivity index is 0.000000232. The summed E-state index contributed by atoms with van der Waals surface area (Å²) in [4.78, 5) is 68.5. The molecule has 3 aromatic rings. The molecule has 1 spiro atoms. The van der Waals surface area contributed by atoms with Crippen LogP contribution in [-0.2, 0) is 36.8 Å². The number of ketones is 1. The quantitative estimate of drug-likeness (QED) is 0.0610. The Labute approximate surface area is 471 Å². The fourth-order valence-electron chi connectivity index (χ4n) is 11.5. The summed E-state index contributed by atoms with van der Waals surface area (Å²) < 4.78 is 20.2. The Morgan fingerprint density at radius 2 is 1.52 bits per heavy atom. The lowest BCUT2D eigenvalue weighted by molar-refractivity contribution is -0.184. The van der Waals surface area contributed by atoms with Gasteiger partial charge < -0.3 is 44.6 Å². The van der Waals surface area contributed by atoms with Gasteiger partial charge in [-0.2, -0.15) is 0 Å². The van der Waals surface area contributed by atoms with Crippen LogP contribution in [0.15, 0.2) is 122 Å². The highest BCUT2D eigenvalue weighted by molar-refractivity contribution is 7.99. The zero-order chi connectivity index (χ0) is 57.8. The number of Topliss-reactive ketones (excluding diaryl/α,β-unsaturated/α-hetero) is 1. The fourth-order valence-corrected chi connectivity index (χ4v) is 13.0. The van der Waals surface area contributed by atoms with Gasteiger partial charge in [0, 0.05) is 88.1 Å². The summed E-state index contributed by atoms with van der Waals surface area (Å²) >= 11 is 3.79. The number of phenolic OH excluding ortho intramolecular Hbond substituents is 1. The Morgan fingerprint density at radius 1 is 0.848 bits per heavy atom. The number of carboxylic acids is 4. The molecule has 2 saturated heterocycles. The van der Waals surface area contributed by atoms with E-state index in [9.17, 15) is 39.3 Å². The van der Waals surface area contributed by atoms with Gasteiger partial charge in [-0.1, -0.05) is 65.4 Å². The SMILES string of the molecule is CC(C)=CCCC1(C)C=Cc2c(O)c3c(c(CC=C(C)C)c2O1)OC12C(=CCCC1C(C)(C)OC2(CC=C(C)C(=O)O)C(=O)O)C3=O.CSc1ccc2c(c1)C(N1CCN(C)CC1)Cc1ccccc1S2.O=C(O)C=CC(=O)O. The molecular formula is C62H74N2O13S2. The zero-order valence-electron chi connectivity index (χ0n) is 46.8. The van der Waals surface area contributed by atoms with Gasteiger partial charge in [0.05, 0.1) is 11.2 Å². The molecule has 0 aromatic heterocycles. The molecular weight excluding hydrogens is 1040 g/mol. The molecule has 15 nitrogen and oxygen atoms in total. The Bertz CT molecular complexity index is 3070. The molecule has 2 fully saturated rings. The van der Waals surface area contributed by atoms with Gasteiger partial charge in [0.1, 0.15) is 28.4 Å². The maximum Gasteiger partial charge on any atom is 0.340 e. The molecule has 17 heteroatoms. The smallest absolute Gasteiger partial charge is 0.340 e. The minimum absolute atomic E-state index is 0.0407. The van der Waals surface area contributed by atoms with E-state index in [-0.39, 0.29) is 34.6 Å². The zero-order valence-corrected chi connectivity index (χ0v) is 48.4. The summed E-state index contributed by atoms with van der Waals surface area (Å²) in [6.07, 6.45) is 17.5. The number of benzene rings is 3. The van der Waals surface area contributed by atoms with E-state index in [1.165, 1.54) is 57.5 Å². The third-order valence-corrected chi connectivity index (χ3v) is 17.5. The molecule has 5 heterocycles. The maximum atomic E-state index is 14.7. The van der Waals surface area contributed by atoms with Gasteiger partial charge in [-0.05, 0) is 155 Å². The first-order chi connectivity index (χ1) is 37.3. The molecule has 5 unspecified atom stereocenters. The summed E-state index contributed by atoms with van der Waals surface area (Å²) in [6.45, 7) is 19.6. The van der Waals surface area contributed by atoms with Gasteiger partial charge >= 0.3 is 23.9 Å². The Kier molecular flexibility index (Phi) is 18.7. The molecule has 0 radical (unpaired) electrons. The van der Waals surface area contributed by atoms with E-state index in [0.29, 0.717) is 60.8 Å². The standard InChI is InChI=1S/C38H46O9.C20H24N2S2.C4H4O4/c1-21(2)11-10-18-36(8)19-17-24-29(39)28-30(40)26-12-9-13-27-35(6,7)47-37(34(43)44,20-16-23(5)33(41)42)38(26,27)46-32(28)25(31(24)45-36)15-14-22(3)4;1-21-9-11-22(12-10-21)18-13-15-5-3-4-6-19(15)24-20-8-7-16(23-2)14-17(18)20;5-3(6)1-2-4(7)8/h11-12,14,16-17,19,27,39H,9-10,13,15,18,20H2,1-8H3,(H,41,42)(H,43,44);3-8,14,18H,9-13H2,1-2H3;1-2H,(H,5,6)(H,7,8). The van der Waals surface area contributed by atoms with Crippen molar-refractivity contribution in [2.45, 2.75) is 143 Å². The van der Waals surface area contributed by atoms with Crippen LogP contribution < -0.4 is 9.47 Å². The van der Waals surface area contributed by atoms with Crippen LogP contribution in [-0.4, -0.2) is 127 Å². The molecule has 9 rings (SSSR count). The van der Waals surface area contributed by atoms with E-state index in [4.69, 9.17) is 24.4 Å². The molecule has 79 heavy (non-hydrogen) atoms. The summed E-state index contributed by atoms with van der Waals surface area (Å²) in [5.74, 6) is -6.04. The number of likely N-dealkylation sites (N-methyl/N-ethyl adjacent to an activating group) is 1. The number of carbonyl (C=O) groups excluding carboxylic acids is 1. The number of carbonyl (C=O) groups is 5. The number of allylic oxidation sites excluding steroid dienone is 5. The van der Waals surface area contributed by atoms with Gasteiger partial charge in [0.2, 0.25) is 5.60 Å². The molecule has 5 N–H and O–H groups in total. The van der Waals surface area contributed by atoms with Gasteiger partial charge in [-0.3, -0.25) is 9.69 Å². The molecule has 0 saturated carbocycles. The third-order valence-electron chi connectivity index (χ3n) is 15.6. The highest BCUT2D eigenvalue weighted by Crippen LogP contribution is 2.64. The van der Waals surface area contributed by atoms with E-state index in [2.05, 4.69) is 71.6 Å². The monoisotopic (exact) mass is 1120 g/mol. The average Bonchev–Trinajstić information content (AvgIpc) is 3.18. The van der Waals surface area contributed by atoms with Gasteiger partial charge in [0.15, 0.2) is 11.4 Å². The first-order valence-corrected chi connectivity index (χ1v) is 28.7. The Morgan fingerprint density at radius 3 is 2.14 bits per heavy atom. The van der Waals surface area contributed by atoms with Crippen LogP contribution in [0, 0.1) is 5.92 Å². The highest BCUT2D eigenvalue weighted by atomic mass is 32.2. The number of ether oxygens (including phenoxy) is 3. The number of hydrogen-bond acceptors (Lipinski definition) is 13. The topological polar surface area (TPSA) is 221 Å². The molecule has 5 atom stereocenters. The van der Waals surface area contributed by atoms with Crippen molar-refractivity contribution in [1.82, 2.24) is 9.80 Å². The lowest BCUT2D eigenvalue weighted by atomic mass is 9.60. The van der Waals surface area contributed by atoms with Crippen molar-refractivity contribution < 1.29 is 63.7 Å². The fraction of sp³-hybridized carbons (Fsp3) is 0.435. The second-order valence-corrected chi connectivity index (χ2v) is 24.1. The third kappa shape index (κ3) is 12.7. The molecule has 1 aliphatic carbocycles. The number of piperazine rings is 1. The minimum atomic E-state index is -2.16. The van der Waals surface area contributed by atoms with Crippen LogP contribution in [0.3, 0.4) is 0 Å². The van der Waals surface area contributed by atoms with Crippen molar-refractivity contribution in [2.75, 3.05) is 39.5 Å². The number of nitrogens with zero attached hydrogens (tertiary/aromatic N) is 2. The van der Waals surface area contributed by atoms with Crippen LogP contribution in [0.2, 0.25) is 0 Å². The number of rotatable bonds is 13. The largest absolute Gasteiger partial charge is 0.506 e. The van der Waals surface area contributed by atoms with Gasteiger partial charge in [0.25, 0.3) is 0 Å². The number of carboxylic acid groups (broad SMARTS) is 4. The summed E-state index contributed by atoms with van der Waals surface area (Å²) in [6, 6.07) is 16.5. The van der Waals surface area contributed by atoms with E-state index in [1.54, 1.807) is 26.0 Å². The van der Waals surface area contributed by atoms with Crippen molar-refractivity contribution >= 4 is 59.3 Å². The summed E-state index contributed by atoms with van der Waals surface area (Å²) in [7, 11) is 2.23. The summed E-state index contributed by atoms with van der Waals surface area (Å²) in [5, 5.41) is 48.0. The summed E-state index contributed by atoms with van der Waals surface area (Å²) in [5.41, 5.74) is 0.346. The Hall–Kier alpha value is -6.37. The van der Waals surface area contributed by atoms with Crippen LogP contribution in [0.5, 0.6) is 17.2 Å². The number of hydrogen-bond donors (Lipinski definition) is 5. The second kappa shape index (κ2) is 24.6. The van der Waals surface area contributed by atoms with Crippen LogP contribution in [0.25, 0.3) is 6.08 Å². The van der Waals surface area contributed by atoms with Crippen molar-refractivity contribution in [3.8, 4) is 17.2 Å². The molecule has 3 aromatic carbocycles. The lowest BCUT2D eigenvalue weighted by Crippen LogP contribution is -2.66. The first kappa shape index (κ1) is 60.3. The number of thioether (sulfide) groups is 1. The van der Waals surface area contributed by atoms with Crippen LogP contribution in [0.1, 0.15) is 126 Å². The van der Waals surface area contributed by atoms with E-state index in [1.807, 2.05) is 70.3 Å². The maximum absolute atomic E-state index is 14.7.